The van der Waals surface area contributed by atoms with E-state index in [1.165, 1.54) is 24.3 Å². The Morgan fingerprint density at radius 3 is 2.68 bits per heavy atom. The van der Waals surface area contributed by atoms with Crippen LogP contribution >= 0.6 is 11.6 Å². The Morgan fingerprint density at radius 2 is 1.95 bits per heavy atom. The summed E-state index contributed by atoms with van der Waals surface area (Å²) in [5.74, 6) is -1.15. The molecule has 0 aliphatic carbocycles. The molecule has 3 rings (SSSR count). The molecule has 22 heavy (non-hydrogen) atoms. The second-order valence-corrected chi connectivity index (χ2v) is 6.98. The highest BCUT2D eigenvalue weighted by molar-refractivity contribution is 7.92. The number of rotatable bonds is 2. The lowest BCUT2D eigenvalue weighted by molar-refractivity contribution is -0.115. The molecule has 1 aliphatic rings. The number of hydrogen-bond donors (Lipinski definition) is 1. The smallest absolute Gasteiger partial charge is 0.264 e. The third-order valence-electron chi connectivity index (χ3n) is 3.17. The molecular formula is C14H10ClFN2O3S. The first-order valence-electron chi connectivity index (χ1n) is 6.25. The van der Waals surface area contributed by atoms with Crippen molar-refractivity contribution in [3.05, 3.63) is 53.3 Å². The van der Waals surface area contributed by atoms with Gasteiger partial charge in [0.2, 0.25) is 5.91 Å². The number of benzene rings is 2. The number of fused-ring (bicyclic) bond motifs is 1. The normalized spacial score (nSPS) is 14.5. The van der Waals surface area contributed by atoms with Gasteiger partial charge in [-0.1, -0.05) is 17.7 Å². The predicted octanol–water partition coefficient (Wildman–Crippen LogP) is 2.63. The van der Waals surface area contributed by atoms with Gasteiger partial charge < -0.3 is 5.32 Å². The van der Waals surface area contributed by atoms with Gasteiger partial charge in [-0.15, -0.1) is 0 Å². The molecule has 8 heteroatoms. The van der Waals surface area contributed by atoms with Gasteiger partial charge in [0, 0.05) is 5.02 Å². The highest BCUT2D eigenvalue weighted by Gasteiger charge is 2.32. The fourth-order valence-corrected chi connectivity index (χ4v) is 3.82. The molecular weight excluding hydrogens is 331 g/mol. The van der Waals surface area contributed by atoms with Crippen LogP contribution in [0.4, 0.5) is 15.8 Å². The molecule has 0 bridgehead atoms. The summed E-state index contributed by atoms with van der Waals surface area (Å²) in [4.78, 5) is 11.5. The monoisotopic (exact) mass is 340 g/mol. The van der Waals surface area contributed by atoms with Gasteiger partial charge in [0.1, 0.15) is 12.4 Å². The van der Waals surface area contributed by atoms with Crippen LogP contribution in [0.15, 0.2) is 47.4 Å². The first kappa shape index (κ1) is 14.8. The van der Waals surface area contributed by atoms with Crippen LogP contribution in [0.25, 0.3) is 0 Å². The van der Waals surface area contributed by atoms with E-state index in [0.717, 1.165) is 16.4 Å². The summed E-state index contributed by atoms with van der Waals surface area (Å²) >= 11 is 5.91. The second kappa shape index (κ2) is 5.26. The number of sulfonamides is 1. The van der Waals surface area contributed by atoms with Gasteiger partial charge in [-0.3, -0.25) is 9.10 Å². The Morgan fingerprint density at radius 1 is 1.18 bits per heavy atom. The number of hydrogen-bond acceptors (Lipinski definition) is 3. The largest absolute Gasteiger partial charge is 0.323 e. The number of nitrogens with one attached hydrogen (secondary N) is 1. The third-order valence-corrected chi connectivity index (χ3v) is 5.16. The molecule has 0 spiro atoms. The zero-order valence-corrected chi connectivity index (χ0v) is 12.7. The van der Waals surface area contributed by atoms with Crippen LogP contribution in [-0.2, 0) is 14.8 Å². The number of amides is 1. The maximum atomic E-state index is 13.3. The Hall–Kier alpha value is -2.12. The van der Waals surface area contributed by atoms with Crippen LogP contribution in [0.1, 0.15) is 0 Å². The maximum absolute atomic E-state index is 13.3. The molecule has 114 valence electrons. The Bertz CT molecular complexity index is 870. The summed E-state index contributed by atoms with van der Waals surface area (Å²) in [6, 6.07) is 9.12. The molecule has 1 aliphatic heterocycles. The fraction of sp³-hybridized carbons (Fsp3) is 0.0714. The van der Waals surface area contributed by atoms with Crippen LogP contribution in [0.3, 0.4) is 0 Å². The van der Waals surface area contributed by atoms with Crippen molar-refractivity contribution < 1.29 is 17.6 Å². The van der Waals surface area contributed by atoms with Gasteiger partial charge in [0.05, 0.1) is 16.3 Å². The summed E-state index contributed by atoms with van der Waals surface area (Å²) in [5.41, 5.74) is 0.581. The van der Waals surface area contributed by atoms with E-state index < -0.39 is 28.3 Å². The zero-order valence-electron chi connectivity index (χ0n) is 11.1. The predicted molar refractivity (Wildman–Crippen MR) is 81.0 cm³/mol. The van der Waals surface area contributed by atoms with Gasteiger partial charge in [0.25, 0.3) is 10.0 Å². The van der Waals surface area contributed by atoms with Gasteiger partial charge in [-0.2, -0.15) is 0 Å². The van der Waals surface area contributed by atoms with Crippen molar-refractivity contribution in [1.29, 1.82) is 0 Å². The third kappa shape index (κ3) is 2.53. The Kier molecular flexibility index (Phi) is 3.54. The Labute approximate surface area is 131 Å². The molecule has 1 N–H and O–H groups in total. The van der Waals surface area contributed by atoms with Crippen LogP contribution in [0, 0.1) is 5.82 Å². The number of nitrogens with zero attached hydrogens (tertiary/aromatic N) is 1. The van der Waals surface area contributed by atoms with Gasteiger partial charge in [-0.05, 0) is 36.4 Å². The molecule has 0 aromatic heterocycles. The summed E-state index contributed by atoms with van der Waals surface area (Å²) < 4.78 is 39.6. The van der Waals surface area contributed by atoms with Crippen LogP contribution in [-0.4, -0.2) is 20.9 Å². The molecule has 2 aromatic carbocycles. The van der Waals surface area contributed by atoms with Crippen molar-refractivity contribution in [3.8, 4) is 0 Å². The molecule has 0 fully saturated rings. The van der Waals surface area contributed by atoms with E-state index in [0.29, 0.717) is 10.7 Å². The molecule has 1 heterocycles. The van der Waals surface area contributed by atoms with Crippen LogP contribution < -0.4 is 9.62 Å². The van der Waals surface area contributed by atoms with E-state index in [2.05, 4.69) is 5.32 Å². The van der Waals surface area contributed by atoms with Gasteiger partial charge in [0.15, 0.2) is 0 Å². The summed E-state index contributed by atoms with van der Waals surface area (Å²) in [5, 5.41) is 2.90. The van der Waals surface area contributed by atoms with Crippen molar-refractivity contribution in [2.45, 2.75) is 4.90 Å². The molecule has 0 atom stereocenters. The summed E-state index contributed by atoms with van der Waals surface area (Å²) in [6.45, 7) is -0.397. The highest BCUT2D eigenvalue weighted by Crippen LogP contribution is 2.35. The fourth-order valence-electron chi connectivity index (χ4n) is 2.19. The standard InChI is InChI=1S/C14H10ClFN2O3S/c15-9-4-5-12-13(6-9)18(8-14(19)17-12)22(20,21)11-3-1-2-10(16)7-11/h1-7H,8H2,(H,17,19). The molecule has 0 saturated carbocycles. The van der Waals surface area contributed by atoms with Crippen molar-refractivity contribution in [2.24, 2.45) is 0 Å². The Balaban J connectivity index is 2.16. The topological polar surface area (TPSA) is 66.5 Å². The molecule has 0 saturated heterocycles. The molecule has 0 radical (unpaired) electrons. The van der Waals surface area contributed by atoms with E-state index in [1.807, 2.05) is 0 Å². The first-order chi connectivity index (χ1) is 10.4. The number of carbonyl (C=O) groups excluding carboxylic acids is 1. The first-order valence-corrected chi connectivity index (χ1v) is 8.07. The average molecular weight is 341 g/mol. The summed E-state index contributed by atoms with van der Waals surface area (Å²) in [6.07, 6.45) is 0. The van der Waals surface area contributed by atoms with E-state index in [4.69, 9.17) is 11.6 Å². The number of anilines is 2. The van der Waals surface area contributed by atoms with Gasteiger partial charge >= 0.3 is 0 Å². The lowest BCUT2D eigenvalue weighted by atomic mass is 10.2. The van der Waals surface area contributed by atoms with Crippen molar-refractivity contribution in [1.82, 2.24) is 0 Å². The van der Waals surface area contributed by atoms with E-state index in [-0.39, 0.29) is 10.6 Å². The van der Waals surface area contributed by atoms with E-state index in [9.17, 15) is 17.6 Å². The lowest BCUT2D eigenvalue weighted by Crippen LogP contribution is -2.42. The lowest BCUT2D eigenvalue weighted by Gasteiger charge is -2.30. The minimum absolute atomic E-state index is 0.229. The SMILES string of the molecule is O=C1CN(S(=O)(=O)c2cccc(F)c2)c2cc(Cl)ccc2N1. The maximum Gasteiger partial charge on any atom is 0.264 e. The van der Waals surface area contributed by atoms with Crippen LogP contribution in [0.2, 0.25) is 5.02 Å². The zero-order chi connectivity index (χ0) is 15.9. The van der Waals surface area contributed by atoms with Crippen molar-refractivity contribution in [3.63, 3.8) is 0 Å². The van der Waals surface area contributed by atoms with E-state index >= 15 is 0 Å². The molecule has 0 unspecified atom stereocenters. The second-order valence-electron chi connectivity index (χ2n) is 4.68. The average Bonchev–Trinajstić information content (AvgIpc) is 2.47. The van der Waals surface area contributed by atoms with E-state index in [1.54, 1.807) is 6.07 Å². The molecule has 5 nitrogen and oxygen atoms in total. The minimum Gasteiger partial charge on any atom is -0.323 e. The van der Waals surface area contributed by atoms with Crippen LogP contribution in [0.5, 0.6) is 0 Å². The number of carbonyl (C=O) groups is 1. The minimum atomic E-state index is -4.07. The van der Waals surface area contributed by atoms with Gasteiger partial charge in [-0.25, -0.2) is 12.8 Å². The molecule has 1 amide bonds. The molecule has 2 aromatic rings. The van der Waals surface area contributed by atoms with Crippen molar-refractivity contribution >= 4 is 38.9 Å². The quantitative estimate of drug-likeness (QED) is 0.914. The summed E-state index contributed by atoms with van der Waals surface area (Å²) in [7, 11) is -4.07. The van der Waals surface area contributed by atoms with Crippen molar-refractivity contribution in [2.75, 3.05) is 16.2 Å². The number of halogens is 2. The highest BCUT2D eigenvalue weighted by atomic mass is 35.5.